The van der Waals surface area contributed by atoms with Crippen LogP contribution in [0.5, 0.6) is 11.5 Å². The van der Waals surface area contributed by atoms with E-state index in [1.165, 1.54) is 6.07 Å². The Kier molecular flexibility index (Phi) is 4.67. The first-order chi connectivity index (χ1) is 9.04. The molecular weight excluding hydrogens is 336 g/mol. The molecule has 0 amide bonds. The van der Waals surface area contributed by atoms with Gasteiger partial charge in [-0.2, -0.15) is 0 Å². The lowest BCUT2D eigenvalue weighted by Crippen LogP contribution is -2.27. The third-order valence-corrected chi connectivity index (χ3v) is 4.98. The van der Waals surface area contributed by atoms with Crippen molar-refractivity contribution in [2.45, 2.75) is 11.3 Å². The van der Waals surface area contributed by atoms with E-state index in [0.29, 0.717) is 48.7 Å². The van der Waals surface area contributed by atoms with Gasteiger partial charge in [0.1, 0.15) is 18.1 Å². The molecule has 1 heterocycles. The molecule has 0 aromatic heterocycles. The Labute approximate surface area is 120 Å². The van der Waals surface area contributed by atoms with Crippen LogP contribution in [0.1, 0.15) is 6.42 Å². The van der Waals surface area contributed by atoms with Crippen molar-refractivity contribution < 1.29 is 17.9 Å². The Morgan fingerprint density at radius 3 is 2.53 bits per heavy atom. The van der Waals surface area contributed by atoms with Gasteiger partial charge in [-0.1, -0.05) is 0 Å². The summed E-state index contributed by atoms with van der Waals surface area (Å²) in [5, 5.41) is 0. The molecule has 106 valence electrons. The highest BCUT2D eigenvalue weighted by Gasteiger charge is 2.22. The smallest absolute Gasteiger partial charge is 0.241 e. The molecule has 1 aliphatic heterocycles. The molecule has 0 unspecified atom stereocenters. The van der Waals surface area contributed by atoms with Crippen LogP contribution in [0.25, 0.3) is 0 Å². The molecule has 0 fully saturated rings. The zero-order chi connectivity index (χ0) is 13.9. The second kappa shape index (κ2) is 6.08. The van der Waals surface area contributed by atoms with Crippen LogP contribution in [0.4, 0.5) is 0 Å². The van der Waals surface area contributed by atoms with E-state index in [0.717, 1.165) is 0 Å². The summed E-state index contributed by atoms with van der Waals surface area (Å²) in [5.74, 6) is 0.979. The van der Waals surface area contributed by atoms with E-state index in [-0.39, 0.29) is 4.90 Å². The first-order valence-corrected chi connectivity index (χ1v) is 8.11. The first kappa shape index (κ1) is 14.6. The summed E-state index contributed by atoms with van der Waals surface area (Å²) < 4.78 is 38.0. The summed E-state index contributed by atoms with van der Waals surface area (Å²) in [6, 6.07) is 3.06. The van der Waals surface area contributed by atoms with Gasteiger partial charge in [-0.3, -0.25) is 0 Å². The quantitative estimate of drug-likeness (QED) is 0.768. The van der Waals surface area contributed by atoms with Crippen molar-refractivity contribution in [3.63, 3.8) is 0 Å². The van der Waals surface area contributed by atoms with Gasteiger partial charge < -0.3 is 15.2 Å². The van der Waals surface area contributed by atoms with E-state index in [9.17, 15) is 8.42 Å². The van der Waals surface area contributed by atoms with E-state index in [4.69, 9.17) is 15.2 Å². The molecule has 0 bridgehead atoms. The number of hydrogen-bond donors (Lipinski definition) is 2. The van der Waals surface area contributed by atoms with Crippen molar-refractivity contribution in [3.05, 3.63) is 16.6 Å². The van der Waals surface area contributed by atoms with Crippen molar-refractivity contribution in [2.75, 3.05) is 26.3 Å². The topological polar surface area (TPSA) is 90.7 Å². The number of nitrogens with two attached hydrogens (primary N) is 1. The average Bonchev–Trinajstić information content (AvgIpc) is 2.38. The maximum absolute atomic E-state index is 12.1. The van der Waals surface area contributed by atoms with Gasteiger partial charge in [0.15, 0.2) is 11.5 Å². The lowest BCUT2D eigenvalue weighted by atomic mass is 10.3. The van der Waals surface area contributed by atoms with Crippen LogP contribution in [0.3, 0.4) is 0 Å². The molecule has 0 saturated heterocycles. The van der Waals surface area contributed by atoms with Gasteiger partial charge in [0, 0.05) is 17.1 Å². The van der Waals surface area contributed by atoms with Gasteiger partial charge in [0.05, 0.1) is 0 Å². The van der Waals surface area contributed by atoms with Crippen LogP contribution in [0.2, 0.25) is 0 Å². The number of benzene rings is 1. The standard InChI is InChI=1S/C11H15BrN2O4S/c12-8-6-9-10(18-5-4-17-9)7-11(8)19(15,16)14-3-1-2-13/h6-7,14H,1-5,13H2. The van der Waals surface area contributed by atoms with E-state index in [1.54, 1.807) is 6.07 Å². The lowest BCUT2D eigenvalue weighted by Gasteiger charge is -2.20. The number of sulfonamides is 1. The number of halogens is 1. The zero-order valence-electron chi connectivity index (χ0n) is 10.2. The number of hydrogen-bond acceptors (Lipinski definition) is 5. The molecule has 19 heavy (non-hydrogen) atoms. The Morgan fingerprint density at radius 2 is 1.89 bits per heavy atom. The molecule has 0 aliphatic carbocycles. The van der Waals surface area contributed by atoms with Gasteiger partial charge in [0.25, 0.3) is 0 Å². The summed E-state index contributed by atoms with van der Waals surface area (Å²) in [4.78, 5) is 0.133. The minimum Gasteiger partial charge on any atom is -0.486 e. The van der Waals surface area contributed by atoms with Crippen LogP contribution in [0, 0.1) is 0 Å². The molecule has 0 spiro atoms. The summed E-state index contributed by atoms with van der Waals surface area (Å²) in [5.41, 5.74) is 5.34. The molecule has 0 saturated carbocycles. The minimum absolute atomic E-state index is 0.133. The highest BCUT2D eigenvalue weighted by molar-refractivity contribution is 9.10. The molecule has 1 aromatic carbocycles. The second-order valence-corrected chi connectivity index (χ2v) is 6.56. The maximum atomic E-state index is 12.1. The fraction of sp³-hybridized carbons (Fsp3) is 0.455. The molecule has 8 heteroatoms. The van der Waals surface area contributed by atoms with Gasteiger partial charge in [-0.25, -0.2) is 13.1 Å². The van der Waals surface area contributed by atoms with Crippen LogP contribution < -0.4 is 19.9 Å². The molecule has 1 aliphatic rings. The monoisotopic (exact) mass is 350 g/mol. The second-order valence-electron chi connectivity index (χ2n) is 3.97. The number of rotatable bonds is 5. The van der Waals surface area contributed by atoms with Gasteiger partial charge in [-0.15, -0.1) is 0 Å². The molecule has 0 radical (unpaired) electrons. The molecule has 2 rings (SSSR count). The fourth-order valence-electron chi connectivity index (χ4n) is 1.64. The van der Waals surface area contributed by atoms with Crippen LogP contribution in [0.15, 0.2) is 21.5 Å². The van der Waals surface area contributed by atoms with Crippen molar-refractivity contribution >= 4 is 26.0 Å². The number of nitrogens with one attached hydrogen (secondary N) is 1. The van der Waals surface area contributed by atoms with E-state index >= 15 is 0 Å². The first-order valence-electron chi connectivity index (χ1n) is 5.83. The average molecular weight is 351 g/mol. The molecule has 0 atom stereocenters. The van der Waals surface area contributed by atoms with Gasteiger partial charge in [0.2, 0.25) is 10.0 Å². The number of ether oxygens (including phenoxy) is 2. The van der Waals surface area contributed by atoms with Crippen molar-refractivity contribution in [1.29, 1.82) is 0 Å². The summed E-state index contributed by atoms with van der Waals surface area (Å²) >= 11 is 3.24. The Balaban J connectivity index is 2.28. The van der Waals surface area contributed by atoms with Crippen LogP contribution >= 0.6 is 15.9 Å². The fourth-order valence-corrected chi connectivity index (χ4v) is 3.75. The zero-order valence-corrected chi connectivity index (χ0v) is 12.6. The normalized spacial score (nSPS) is 14.4. The third kappa shape index (κ3) is 3.38. The molecule has 1 aromatic rings. The van der Waals surface area contributed by atoms with E-state index < -0.39 is 10.0 Å². The number of fused-ring (bicyclic) bond motifs is 1. The summed E-state index contributed by atoms with van der Waals surface area (Å²) in [6.45, 7) is 1.61. The van der Waals surface area contributed by atoms with Gasteiger partial charge >= 0.3 is 0 Å². The lowest BCUT2D eigenvalue weighted by molar-refractivity contribution is 0.171. The third-order valence-electron chi connectivity index (χ3n) is 2.56. The Morgan fingerprint density at radius 1 is 1.26 bits per heavy atom. The molecular formula is C11H15BrN2O4S. The van der Waals surface area contributed by atoms with Crippen LogP contribution in [-0.2, 0) is 10.0 Å². The van der Waals surface area contributed by atoms with Gasteiger partial charge in [-0.05, 0) is 35.0 Å². The molecule has 3 N–H and O–H groups in total. The Hall–Kier alpha value is -0.830. The predicted molar refractivity (Wildman–Crippen MR) is 74.0 cm³/mol. The Bertz CT molecular complexity index is 562. The highest BCUT2D eigenvalue weighted by Crippen LogP contribution is 2.37. The highest BCUT2D eigenvalue weighted by atomic mass is 79.9. The van der Waals surface area contributed by atoms with E-state index in [2.05, 4.69) is 20.7 Å². The SMILES string of the molecule is NCCCNS(=O)(=O)c1cc2c(cc1Br)OCCO2. The summed E-state index contributed by atoms with van der Waals surface area (Å²) in [7, 11) is -3.58. The van der Waals surface area contributed by atoms with Crippen LogP contribution in [-0.4, -0.2) is 34.7 Å². The maximum Gasteiger partial charge on any atom is 0.241 e. The largest absolute Gasteiger partial charge is 0.486 e. The van der Waals surface area contributed by atoms with Crippen molar-refractivity contribution in [1.82, 2.24) is 4.72 Å². The minimum atomic E-state index is -3.58. The van der Waals surface area contributed by atoms with Crippen molar-refractivity contribution in [3.8, 4) is 11.5 Å². The molecule has 6 nitrogen and oxygen atoms in total. The van der Waals surface area contributed by atoms with E-state index in [1.807, 2.05) is 0 Å². The summed E-state index contributed by atoms with van der Waals surface area (Å²) in [6.07, 6.45) is 0.585. The van der Waals surface area contributed by atoms with Crippen molar-refractivity contribution in [2.24, 2.45) is 5.73 Å². The predicted octanol–water partition coefficient (Wildman–Crippen LogP) is 0.847.